The van der Waals surface area contributed by atoms with Crippen LogP contribution in [0.4, 0.5) is 17.1 Å². The van der Waals surface area contributed by atoms with E-state index in [0.29, 0.717) is 6.42 Å². The average molecular weight is 239 g/mol. The highest BCUT2D eigenvalue weighted by Crippen LogP contribution is 2.34. The van der Waals surface area contributed by atoms with Crippen LogP contribution in [0.15, 0.2) is 18.2 Å². The van der Waals surface area contributed by atoms with Crippen molar-refractivity contribution in [2.24, 2.45) is 0 Å². The second-order valence-corrected chi connectivity index (χ2v) is 3.64. The summed E-state index contributed by atoms with van der Waals surface area (Å²) in [4.78, 5) is 20.4. The van der Waals surface area contributed by atoms with Crippen LogP contribution in [-0.4, -0.2) is 15.9 Å². The van der Waals surface area contributed by atoms with Crippen LogP contribution in [0.25, 0.3) is 0 Å². The predicted octanol–water partition coefficient (Wildman–Crippen LogP) is 2.71. The molecule has 0 aliphatic rings. The van der Waals surface area contributed by atoms with Crippen molar-refractivity contribution in [1.29, 1.82) is 0 Å². The van der Waals surface area contributed by atoms with Gasteiger partial charge in [-0.15, -0.1) is 0 Å². The maximum Gasteiger partial charge on any atom is 0.299 e. The van der Waals surface area contributed by atoms with Crippen LogP contribution in [-0.2, 0) is 0 Å². The minimum atomic E-state index is -0.627. The summed E-state index contributed by atoms with van der Waals surface area (Å²) in [5.41, 5.74) is -0.587. The lowest BCUT2D eigenvalue weighted by Crippen LogP contribution is -2.15. The van der Waals surface area contributed by atoms with Gasteiger partial charge in [-0.3, -0.25) is 20.2 Å². The molecule has 0 aliphatic carbocycles. The minimum Gasteiger partial charge on any atom is -0.371 e. The molecule has 0 radical (unpaired) electrons. The fourth-order valence-corrected chi connectivity index (χ4v) is 1.33. The normalized spacial score (nSPS) is 11.9. The van der Waals surface area contributed by atoms with Crippen LogP contribution in [0.3, 0.4) is 0 Å². The Kier molecular flexibility index (Phi) is 3.97. The summed E-state index contributed by atoms with van der Waals surface area (Å²) >= 11 is 0. The first kappa shape index (κ1) is 12.9. The first-order valence-electron chi connectivity index (χ1n) is 5.15. The van der Waals surface area contributed by atoms with Crippen molar-refractivity contribution in [2.45, 2.75) is 26.3 Å². The van der Waals surface area contributed by atoms with Crippen molar-refractivity contribution in [2.75, 3.05) is 5.32 Å². The lowest BCUT2D eigenvalue weighted by molar-refractivity contribution is -0.392. The molecule has 0 heterocycles. The molecule has 1 atom stereocenters. The summed E-state index contributed by atoms with van der Waals surface area (Å²) in [5.74, 6) is 0. The largest absolute Gasteiger partial charge is 0.371 e. The molecule has 92 valence electrons. The van der Waals surface area contributed by atoms with E-state index >= 15 is 0 Å². The third-order valence-electron chi connectivity index (χ3n) is 2.42. The fourth-order valence-electron chi connectivity index (χ4n) is 1.33. The molecule has 0 amide bonds. The maximum atomic E-state index is 10.8. The van der Waals surface area contributed by atoms with Crippen molar-refractivity contribution >= 4 is 17.1 Å². The van der Waals surface area contributed by atoms with Crippen molar-refractivity contribution in [3.63, 3.8) is 0 Å². The molecule has 1 aromatic carbocycles. The van der Waals surface area contributed by atoms with Gasteiger partial charge in [-0.2, -0.15) is 0 Å². The molecule has 1 rings (SSSR count). The molecule has 1 unspecified atom stereocenters. The number of nitro groups is 2. The van der Waals surface area contributed by atoms with Gasteiger partial charge in [0.15, 0.2) is 5.69 Å². The van der Waals surface area contributed by atoms with E-state index in [0.717, 1.165) is 0 Å². The van der Waals surface area contributed by atoms with Gasteiger partial charge >= 0.3 is 0 Å². The van der Waals surface area contributed by atoms with E-state index in [1.165, 1.54) is 18.2 Å². The van der Waals surface area contributed by atoms with Gasteiger partial charge in [-0.25, -0.2) is 0 Å². The van der Waals surface area contributed by atoms with Crippen LogP contribution >= 0.6 is 0 Å². The SMILES string of the molecule is CCC(C)Nc1c([N+](=O)[O-])cccc1[N+](=O)[O-]. The lowest BCUT2D eigenvalue weighted by Gasteiger charge is -2.12. The molecule has 0 saturated carbocycles. The Labute approximate surface area is 97.7 Å². The Morgan fingerprint density at radius 1 is 1.24 bits per heavy atom. The van der Waals surface area contributed by atoms with E-state index in [1.807, 2.05) is 6.92 Å². The number of anilines is 1. The molecule has 0 aliphatic heterocycles. The topological polar surface area (TPSA) is 98.3 Å². The van der Waals surface area contributed by atoms with Crippen molar-refractivity contribution < 1.29 is 9.85 Å². The van der Waals surface area contributed by atoms with Crippen LogP contribution in [0, 0.1) is 20.2 Å². The van der Waals surface area contributed by atoms with E-state index in [1.54, 1.807) is 6.92 Å². The van der Waals surface area contributed by atoms with E-state index < -0.39 is 9.85 Å². The number of nitrogens with one attached hydrogen (secondary N) is 1. The van der Waals surface area contributed by atoms with Crippen molar-refractivity contribution in [3.05, 3.63) is 38.4 Å². The second-order valence-electron chi connectivity index (χ2n) is 3.64. The van der Waals surface area contributed by atoms with Crippen molar-refractivity contribution in [3.8, 4) is 0 Å². The fraction of sp³-hybridized carbons (Fsp3) is 0.400. The Balaban J connectivity index is 3.28. The molecule has 0 spiro atoms. The molecule has 0 aromatic heterocycles. The van der Waals surface area contributed by atoms with E-state index in [4.69, 9.17) is 0 Å². The van der Waals surface area contributed by atoms with Gasteiger partial charge in [0.2, 0.25) is 0 Å². The first-order chi connectivity index (χ1) is 7.97. The minimum absolute atomic E-state index is 0.0307. The Morgan fingerprint density at radius 2 is 1.71 bits per heavy atom. The van der Waals surface area contributed by atoms with E-state index in [-0.39, 0.29) is 23.1 Å². The summed E-state index contributed by atoms with van der Waals surface area (Å²) < 4.78 is 0. The highest BCUT2D eigenvalue weighted by Gasteiger charge is 2.25. The summed E-state index contributed by atoms with van der Waals surface area (Å²) in [6.07, 6.45) is 0.712. The van der Waals surface area contributed by atoms with E-state index in [2.05, 4.69) is 5.32 Å². The van der Waals surface area contributed by atoms with Gasteiger partial charge in [0.1, 0.15) is 0 Å². The average Bonchev–Trinajstić information content (AvgIpc) is 2.28. The van der Waals surface area contributed by atoms with Crippen LogP contribution in [0.5, 0.6) is 0 Å². The molecule has 0 fully saturated rings. The Morgan fingerprint density at radius 3 is 2.06 bits per heavy atom. The quantitative estimate of drug-likeness (QED) is 0.629. The predicted molar refractivity (Wildman–Crippen MR) is 63.1 cm³/mol. The third-order valence-corrected chi connectivity index (χ3v) is 2.42. The Hall–Kier alpha value is -2.18. The maximum absolute atomic E-state index is 10.8. The van der Waals surface area contributed by atoms with Gasteiger partial charge in [-0.1, -0.05) is 6.92 Å². The summed E-state index contributed by atoms with van der Waals surface area (Å²) in [6, 6.07) is 3.72. The van der Waals surface area contributed by atoms with Gasteiger partial charge in [0, 0.05) is 18.2 Å². The number of para-hydroxylation sites is 1. The highest BCUT2D eigenvalue weighted by molar-refractivity contribution is 5.73. The molecule has 7 nitrogen and oxygen atoms in total. The second kappa shape index (κ2) is 5.24. The molecule has 7 heteroatoms. The van der Waals surface area contributed by atoms with Gasteiger partial charge in [0.25, 0.3) is 11.4 Å². The smallest absolute Gasteiger partial charge is 0.299 e. The van der Waals surface area contributed by atoms with Gasteiger partial charge in [0.05, 0.1) is 9.85 Å². The number of hydrogen-bond acceptors (Lipinski definition) is 5. The first-order valence-corrected chi connectivity index (χ1v) is 5.15. The van der Waals surface area contributed by atoms with Gasteiger partial charge in [-0.05, 0) is 19.4 Å². The lowest BCUT2D eigenvalue weighted by atomic mass is 10.2. The standard InChI is InChI=1S/C10H13N3O4/c1-3-7(2)11-10-8(12(14)15)5-4-6-9(10)13(16)17/h4-7,11H,3H2,1-2H3. The van der Waals surface area contributed by atoms with Crippen molar-refractivity contribution in [1.82, 2.24) is 0 Å². The number of rotatable bonds is 5. The zero-order valence-electron chi connectivity index (χ0n) is 9.54. The number of nitrogens with zero attached hydrogens (tertiary/aromatic N) is 2. The molecule has 17 heavy (non-hydrogen) atoms. The zero-order valence-corrected chi connectivity index (χ0v) is 9.54. The molecular formula is C10H13N3O4. The van der Waals surface area contributed by atoms with Crippen LogP contribution in [0.2, 0.25) is 0 Å². The zero-order chi connectivity index (χ0) is 13.0. The summed E-state index contributed by atoms with van der Waals surface area (Å²) in [7, 11) is 0. The number of nitro benzene ring substituents is 2. The number of hydrogen-bond donors (Lipinski definition) is 1. The monoisotopic (exact) mass is 239 g/mol. The molecule has 1 aromatic rings. The number of benzene rings is 1. The summed E-state index contributed by atoms with van der Waals surface area (Å²) in [5, 5.41) is 24.4. The third kappa shape index (κ3) is 2.90. The molecular weight excluding hydrogens is 226 g/mol. The molecule has 0 saturated heterocycles. The van der Waals surface area contributed by atoms with E-state index in [9.17, 15) is 20.2 Å². The van der Waals surface area contributed by atoms with Crippen LogP contribution < -0.4 is 5.32 Å². The Bertz CT molecular complexity index is 415. The van der Waals surface area contributed by atoms with Crippen LogP contribution in [0.1, 0.15) is 20.3 Å². The highest BCUT2D eigenvalue weighted by atomic mass is 16.6. The molecule has 0 bridgehead atoms. The van der Waals surface area contributed by atoms with Gasteiger partial charge < -0.3 is 5.32 Å². The molecule has 1 N–H and O–H groups in total. The summed E-state index contributed by atoms with van der Waals surface area (Å²) in [6.45, 7) is 3.69.